The zero-order valence-corrected chi connectivity index (χ0v) is 22.4. The smallest absolute Gasteiger partial charge is 0.413 e. The Labute approximate surface area is 228 Å². The Morgan fingerprint density at radius 3 is 2.62 bits per heavy atom. The fourth-order valence-electron chi connectivity index (χ4n) is 3.38. The van der Waals surface area contributed by atoms with E-state index in [2.05, 4.69) is 32.2 Å². The molecule has 1 amide bonds. The van der Waals surface area contributed by atoms with Gasteiger partial charge in [0.2, 0.25) is 5.95 Å². The number of ether oxygens (including phenoxy) is 2. The lowest BCUT2D eigenvalue weighted by Gasteiger charge is -2.07. The number of aromatic nitrogens is 2. The highest BCUT2D eigenvalue weighted by molar-refractivity contribution is 7.99. The number of methoxy groups -OCH3 is 1. The molecule has 2 heterocycles. The van der Waals surface area contributed by atoms with Crippen LogP contribution in [0.5, 0.6) is 11.5 Å². The lowest BCUT2D eigenvalue weighted by atomic mass is 10.2. The molecule has 3 aromatic carbocycles. The summed E-state index contributed by atoms with van der Waals surface area (Å²) in [7, 11) is 1.31. The van der Waals surface area contributed by atoms with Gasteiger partial charge in [-0.05, 0) is 62.4 Å². The first-order valence-electron chi connectivity index (χ1n) is 11.9. The summed E-state index contributed by atoms with van der Waals surface area (Å²) < 4.78 is 15.0. The molecule has 200 valence electrons. The van der Waals surface area contributed by atoms with E-state index in [0.29, 0.717) is 29.3 Å². The predicted octanol–water partition coefficient (Wildman–Crippen LogP) is 6.74. The number of hydrogen-bond acceptors (Lipinski definition) is 8. The number of carbonyl (C=O) groups is 1. The number of nitrogens with zero attached hydrogens (tertiary/aromatic N) is 1. The second-order valence-corrected chi connectivity index (χ2v) is 9.65. The molecule has 2 aromatic heterocycles. The summed E-state index contributed by atoms with van der Waals surface area (Å²) in [6.45, 7) is 4.28. The van der Waals surface area contributed by atoms with Crippen LogP contribution in [0.4, 0.5) is 10.7 Å². The highest BCUT2D eigenvalue weighted by atomic mass is 32.2. The highest BCUT2D eigenvalue weighted by Gasteiger charge is 2.08. The van der Waals surface area contributed by atoms with Gasteiger partial charge in [0.05, 0.1) is 18.1 Å². The molecule has 10 heteroatoms. The van der Waals surface area contributed by atoms with Crippen LogP contribution in [0.3, 0.4) is 0 Å². The lowest BCUT2D eigenvalue weighted by molar-refractivity contribution is 0.186. The monoisotopic (exact) mass is 545 g/mol. The maximum atomic E-state index is 11.2. The number of allylic oxidation sites excluding steroid dienone is 1. The fourth-order valence-corrected chi connectivity index (χ4v) is 4.26. The first-order valence-corrected chi connectivity index (χ1v) is 12.7. The number of hydrogen-bond donors (Lipinski definition) is 3. The zero-order chi connectivity index (χ0) is 27.8. The fraction of sp³-hybridized carbons (Fsp3) is 0.138. The normalized spacial score (nSPS) is 10.4. The summed E-state index contributed by atoms with van der Waals surface area (Å²) in [5.41, 5.74) is 2.75. The van der Waals surface area contributed by atoms with Gasteiger partial charge in [-0.3, -0.25) is 5.32 Å². The van der Waals surface area contributed by atoms with Crippen molar-refractivity contribution in [3.05, 3.63) is 94.9 Å². The quantitative estimate of drug-likeness (QED) is 0.158. The third-order valence-electron chi connectivity index (χ3n) is 5.27. The van der Waals surface area contributed by atoms with Gasteiger partial charge in [-0.25, -0.2) is 14.6 Å². The van der Waals surface area contributed by atoms with Crippen molar-refractivity contribution >= 4 is 45.8 Å². The molecule has 0 spiro atoms. The van der Waals surface area contributed by atoms with E-state index in [4.69, 9.17) is 9.15 Å². The summed E-state index contributed by atoms with van der Waals surface area (Å²) in [5, 5.41) is 12.9. The van der Waals surface area contributed by atoms with E-state index in [1.165, 1.54) is 30.2 Å². The van der Waals surface area contributed by atoms with E-state index >= 15 is 0 Å². The molecule has 0 fully saturated rings. The Hall–Kier alpha value is -4.70. The Morgan fingerprint density at radius 1 is 1.08 bits per heavy atom. The predicted molar refractivity (Wildman–Crippen MR) is 152 cm³/mol. The first kappa shape index (κ1) is 27.3. The minimum atomic E-state index is -0.548. The molecule has 0 radical (unpaired) electrons. The van der Waals surface area contributed by atoms with Crippen molar-refractivity contribution in [2.75, 3.05) is 19.0 Å². The molecule has 0 aliphatic carbocycles. The number of fused-ring (bicyclic) bond motifs is 2. The molecule has 0 aliphatic rings. The van der Waals surface area contributed by atoms with Gasteiger partial charge in [0.1, 0.15) is 12.2 Å². The van der Waals surface area contributed by atoms with E-state index in [1.807, 2.05) is 56.3 Å². The number of aromatic amines is 1. The molecular formula is C29H27N3O6S. The average molecular weight is 546 g/mol. The minimum Gasteiger partial charge on any atom is -0.504 e. The summed E-state index contributed by atoms with van der Waals surface area (Å²) in [6.07, 6.45) is 1.35. The summed E-state index contributed by atoms with van der Waals surface area (Å²) in [5.74, 6) is 0.701. The van der Waals surface area contributed by atoms with E-state index < -0.39 is 11.7 Å². The number of phenols is 1. The molecule has 0 saturated heterocycles. The molecule has 39 heavy (non-hydrogen) atoms. The SMILES string of the molecule is CC(C)=CCOc1cc2oc(=O)ccc2cc1O.COC(=O)Nc1nc2ccc(Sc3ccccc3)cc2[nH]1. The van der Waals surface area contributed by atoms with Crippen LogP contribution < -0.4 is 15.7 Å². The maximum absolute atomic E-state index is 11.2. The first-order chi connectivity index (χ1) is 18.8. The topological polar surface area (TPSA) is 127 Å². The summed E-state index contributed by atoms with van der Waals surface area (Å²) in [4.78, 5) is 31.9. The number of aromatic hydroxyl groups is 1. The molecule has 0 saturated carbocycles. The third-order valence-corrected chi connectivity index (χ3v) is 6.27. The second kappa shape index (κ2) is 12.7. The molecule has 0 aliphatic heterocycles. The van der Waals surface area contributed by atoms with Crippen LogP contribution in [-0.4, -0.2) is 34.9 Å². The van der Waals surface area contributed by atoms with E-state index in [0.717, 1.165) is 21.5 Å². The van der Waals surface area contributed by atoms with Crippen LogP contribution in [0.25, 0.3) is 22.0 Å². The van der Waals surface area contributed by atoms with Gasteiger partial charge in [0, 0.05) is 27.3 Å². The van der Waals surface area contributed by atoms with Crippen molar-refractivity contribution in [3.63, 3.8) is 0 Å². The van der Waals surface area contributed by atoms with E-state index in [-0.39, 0.29) is 5.75 Å². The molecule has 0 atom stereocenters. The van der Waals surface area contributed by atoms with Crippen LogP contribution in [0.15, 0.2) is 103 Å². The van der Waals surface area contributed by atoms with Crippen molar-refractivity contribution in [1.29, 1.82) is 0 Å². The van der Waals surface area contributed by atoms with Gasteiger partial charge >= 0.3 is 11.7 Å². The van der Waals surface area contributed by atoms with Gasteiger partial charge in [-0.2, -0.15) is 0 Å². The maximum Gasteiger partial charge on any atom is 0.413 e. The van der Waals surface area contributed by atoms with Crippen molar-refractivity contribution in [2.45, 2.75) is 23.6 Å². The van der Waals surface area contributed by atoms with E-state index in [9.17, 15) is 14.7 Å². The van der Waals surface area contributed by atoms with Crippen molar-refractivity contribution in [3.8, 4) is 11.5 Å². The Balaban J connectivity index is 0.000000183. The molecule has 5 aromatic rings. The van der Waals surface area contributed by atoms with Gasteiger partial charge in [0.15, 0.2) is 11.5 Å². The minimum absolute atomic E-state index is 0.0264. The number of nitrogens with one attached hydrogen (secondary N) is 2. The summed E-state index contributed by atoms with van der Waals surface area (Å²) >= 11 is 1.67. The van der Waals surface area contributed by atoms with Gasteiger partial charge in [-0.1, -0.05) is 35.5 Å². The Morgan fingerprint density at radius 2 is 1.87 bits per heavy atom. The number of carbonyl (C=O) groups excluding carboxylic acids is 1. The molecular weight excluding hydrogens is 518 g/mol. The molecule has 3 N–H and O–H groups in total. The van der Waals surface area contributed by atoms with Crippen LogP contribution in [0, 0.1) is 0 Å². The zero-order valence-electron chi connectivity index (χ0n) is 21.6. The molecule has 0 unspecified atom stereocenters. The number of benzene rings is 3. The van der Waals surface area contributed by atoms with Gasteiger partial charge < -0.3 is 24.0 Å². The number of H-pyrrole nitrogens is 1. The van der Waals surface area contributed by atoms with E-state index in [1.54, 1.807) is 17.8 Å². The molecule has 0 bridgehead atoms. The number of rotatable bonds is 6. The summed E-state index contributed by atoms with van der Waals surface area (Å²) in [6, 6.07) is 22.0. The van der Waals surface area contributed by atoms with Crippen LogP contribution in [0.1, 0.15) is 13.8 Å². The number of imidazole rings is 1. The highest BCUT2D eigenvalue weighted by Crippen LogP contribution is 2.31. The largest absolute Gasteiger partial charge is 0.504 e. The van der Waals surface area contributed by atoms with Gasteiger partial charge in [-0.15, -0.1) is 0 Å². The van der Waals surface area contributed by atoms with Crippen LogP contribution >= 0.6 is 11.8 Å². The Kier molecular flexibility index (Phi) is 8.90. The van der Waals surface area contributed by atoms with Crippen LogP contribution in [0.2, 0.25) is 0 Å². The standard InChI is InChI=1S/C15H13N3O2S.C14H14O4/c1-20-15(19)18-14-16-12-8-7-11(9-13(12)17-14)21-10-5-3-2-4-6-10;1-9(2)5-6-17-13-8-12-10(7-11(13)15)3-4-14(16)18-12/h2-9H,1H3,(H2,16,17,18,19);3-5,7-8,15H,6H2,1-2H3. The lowest BCUT2D eigenvalue weighted by Crippen LogP contribution is -2.11. The van der Waals surface area contributed by atoms with Crippen molar-refractivity contribution in [1.82, 2.24) is 9.97 Å². The number of phenolic OH excluding ortho intramolecular Hbond substituents is 1. The number of anilines is 1. The van der Waals surface area contributed by atoms with Crippen molar-refractivity contribution in [2.24, 2.45) is 0 Å². The number of amides is 1. The third kappa shape index (κ3) is 7.65. The van der Waals surface area contributed by atoms with Crippen molar-refractivity contribution < 1.29 is 23.8 Å². The van der Waals surface area contributed by atoms with Gasteiger partial charge in [0.25, 0.3) is 0 Å². The average Bonchev–Trinajstić information content (AvgIpc) is 3.31. The molecule has 9 nitrogen and oxygen atoms in total. The Bertz CT molecular complexity index is 1670. The van der Waals surface area contributed by atoms with Crippen LogP contribution in [-0.2, 0) is 4.74 Å². The molecule has 5 rings (SSSR count). The second-order valence-electron chi connectivity index (χ2n) is 8.50.